The highest BCUT2D eigenvalue weighted by atomic mass is 35.5. The fourth-order valence-corrected chi connectivity index (χ4v) is 4.71. The molecule has 206 valence electrons. The van der Waals surface area contributed by atoms with Crippen molar-refractivity contribution in [3.05, 3.63) is 54.1 Å². The van der Waals surface area contributed by atoms with E-state index in [4.69, 9.17) is 25.8 Å². The molecule has 0 saturated heterocycles. The maximum absolute atomic E-state index is 12.5. The van der Waals surface area contributed by atoms with E-state index in [1.165, 1.54) is 44.9 Å². The summed E-state index contributed by atoms with van der Waals surface area (Å²) in [6.45, 7) is 8.06. The molecule has 0 bridgehead atoms. The van der Waals surface area contributed by atoms with E-state index in [1.54, 1.807) is 24.3 Å². The van der Waals surface area contributed by atoms with Crippen molar-refractivity contribution >= 4 is 17.6 Å². The molecule has 2 aromatic rings. The average Bonchev–Trinajstić information content (AvgIpc) is 2.90. The minimum absolute atomic E-state index is 0.285. The van der Waals surface area contributed by atoms with E-state index >= 15 is 0 Å². The lowest BCUT2D eigenvalue weighted by Crippen LogP contribution is -2.09. The fraction of sp³-hybridized carbons (Fsp3) is 0.594. The van der Waals surface area contributed by atoms with Crippen LogP contribution < -0.4 is 14.2 Å². The van der Waals surface area contributed by atoms with Crippen LogP contribution in [0.15, 0.2) is 48.5 Å². The first-order valence-electron chi connectivity index (χ1n) is 14.3. The van der Waals surface area contributed by atoms with Gasteiger partial charge in [0.2, 0.25) is 0 Å². The van der Waals surface area contributed by atoms with Crippen molar-refractivity contribution in [1.82, 2.24) is 0 Å². The van der Waals surface area contributed by atoms with Crippen molar-refractivity contribution in [2.24, 2.45) is 5.92 Å². The second-order valence-electron chi connectivity index (χ2n) is 10.1. The summed E-state index contributed by atoms with van der Waals surface area (Å²) in [5.74, 6) is 2.26. The molecule has 2 rings (SSSR count). The number of rotatable bonds is 20. The van der Waals surface area contributed by atoms with Gasteiger partial charge in [-0.25, -0.2) is 4.79 Å². The first kappa shape index (κ1) is 31.0. The van der Waals surface area contributed by atoms with Gasteiger partial charge >= 0.3 is 5.97 Å². The summed E-state index contributed by atoms with van der Waals surface area (Å²) in [7, 11) is 0. The second-order valence-corrected chi connectivity index (χ2v) is 10.7. The number of esters is 1. The summed E-state index contributed by atoms with van der Waals surface area (Å²) < 4.78 is 17.2. The molecule has 0 fully saturated rings. The predicted octanol–water partition coefficient (Wildman–Crippen LogP) is 9.63. The van der Waals surface area contributed by atoms with Crippen LogP contribution in [0.2, 0.25) is 0 Å². The predicted molar refractivity (Wildman–Crippen MR) is 154 cm³/mol. The summed E-state index contributed by atoms with van der Waals surface area (Å²) in [6.07, 6.45) is 14.1. The summed E-state index contributed by atoms with van der Waals surface area (Å²) in [5.41, 5.74) is 0.496. The minimum Gasteiger partial charge on any atom is -0.494 e. The maximum atomic E-state index is 12.5. The van der Waals surface area contributed by atoms with Crippen molar-refractivity contribution in [2.75, 3.05) is 13.2 Å². The Morgan fingerprint density at radius 2 is 1.24 bits per heavy atom. The van der Waals surface area contributed by atoms with E-state index in [9.17, 15) is 4.79 Å². The Morgan fingerprint density at radius 3 is 1.89 bits per heavy atom. The number of halogens is 1. The molecule has 4 nitrogen and oxygen atoms in total. The van der Waals surface area contributed by atoms with E-state index in [1.807, 2.05) is 24.3 Å². The van der Waals surface area contributed by atoms with E-state index < -0.39 is 0 Å². The van der Waals surface area contributed by atoms with Crippen LogP contribution in [0, 0.1) is 5.92 Å². The highest BCUT2D eigenvalue weighted by molar-refractivity contribution is 6.20. The Bertz CT molecular complexity index is 850. The van der Waals surface area contributed by atoms with Gasteiger partial charge in [-0.2, -0.15) is 0 Å². The first-order chi connectivity index (χ1) is 18.0. The summed E-state index contributed by atoms with van der Waals surface area (Å²) >= 11 is 6.43. The molecule has 2 aromatic carbocycles. The lowest BCUT2D eigenvalue weighted by molar-refractivity contribution is 0.0734. The zero-order chi connectivity index (χ0) is 26.7. The minimum atomic E-state index is -0.387. The second kappa shape index (κ2) is 19.0. The average molecular weight is 531 g/mol. The normalized spacial score (nSPS) is 12.6. The zero-order valence-corrected chi connectivity index (χ0v) is 23.9. The van der Waals surface area contributed by atoms with Crippen LogP contribution in [0.4, 0.5) is 0 Å². The number of carbonyl (C=O) groups is 1. The Kier molecular flexibility index (Phi) is 15.9. The highest BCUT2D eigenvalue weighted by Gasteiger charge is 2.11. The Labute approximate surface area is 230 Å². The molecule has 37 heavy (non-hydrogen) atoms. The molecule has 0 amide bonds. The molecule has 0 radical (unpaired) electrons. The van der Waals surface area contributed by atoms with Crippen LogP contribution >= 0.6 is 11.6 Å². The number of alkyl halides is 1. The Hall–Kier alpha value is -2.20. The zero-order valence-electron chi connectivity index (χ0n) is 23.2. The SMILES string of the molecule is CCCCCCCCOc1ccc(C(=O)Oc2ccc(OCCC[C@@H](C)CC(Cl)CCCC)cc2)cc1. The molecule has 2 atom stereocenters. The van der Waals surface area contributed by atoms with Crippen LogP contribution in [0.5, 0.6) is 17.2 Å². The van der Waals surface area contributed by atoms with Crippen LogP contribution in [0.1, 0.15) is 108 Å². The molecule has 5 heteroatoms. The van der Waals surface area contributed by atoms with Crippen molar-refractivity contribution in [2.45, 2.75) is 103 Å². The van der Waals surface area contributed by atoms with Gasteiger partial charge < -0.3 is 14.2 Å². The fourth-order valence-electron chi connectivity index (χ4n) is 4.25. The topological polar surface area (TPSA) is 44.8 Å². The molecule has 0 spiro atoms. The quantitative estimate of drug-likeness (QED) is 0.0739. The largest absolute Gasteiger partial charge is 0.494 e. The molecule has 0 aromatic heterocycles. The van der Waals surface area contributed by atoms with Crippen molar-refractivity contribution in [1.29, 1.82) is 0 Å². The molecule has 0 N–H and O–H groups in total. The number of benzene rings is 2. The number of carbonyl (C=O) groups excluding carboxylic acids is 1. The van der Waals surface area contributed by atoms with Crippen molar-refractivity contribution in [3.8, 4) is 17.2 Å². The van der Waals surface area contributed by atoms with Gasteiger partial charge in [0, 0.05) is 5.38 Å². The molecule has 0 aliphatic rings. The van der Waals surface area contributed by atoms with Gasteiger partial charge in [-0.05, 0) is 86.6 Å². The van der Waals surface area contributed by atoms with Gasteiger partial charge in [0.15, 0.2) is 0 Å². The molecule has 1 unspecified atom stereocenters. The standard InChI is InChI=1S/C32H47ClO4/c1-4-6-8-9-10-11-23-35-29-17-15-27(16-18-29)32(34)37-31-21-19-30(20-22-31)36-24-12-13-26(3)25-28(33)14-7-5-2/h15-22,26,28H,4-14,23-25H2,1-3H3/t26-,28?/m1/s1. The van der Waals surface area contributed by atoms with Crippen LogP contribution in [-0.2, 0) is 0 Å². The van der Waals surface area contributed by atoms with E-state index in [-0.39, 0.29) is 11.3 Å². The first-order valence-corrected chi connectivity index (χ1v) is 14.8. The summed E-state index contributed by atoms with van der Waals surface area (Å²) in [5, 5.41) is 0.285. The molecule has 0 aliphatic carbocycles. The van der Waals surface area contributed by atoms with E-state index in [0.29, 0.717) is 30.4 Å². The maximum Gasteiger partial charge on any atom is 0.343 e. The van der Waals surface area contributed by atoms with Gasteiger partial charge in [-0.3, -0.25) is 0 Å². The van der Waals surface area contributed by atoms with Crippen LogP contribution in [0.25, 0.3) is 0 Å². The molecule has 0 saturated carbocycles. The van der Waals surface area contributed by atoms with Crippen molar-refractivity contribution in [3.63, 3.8) is 0 Å². The molecular weight excluding hydrogens is 484 g/mol. The molecule has 0 aliphatic heterocycles. The smallest absolute Gasteiger partial charge is 0.343 e. The third kappa shape index (κ3) is 13.8. The number of ether oxygens (including phenoxy) is 3. The van der Waals surface area contributed by atoms with Gasteiger partial charge in [-0.1, -0.05) is 65.7 Å². The molecule has 0 heterocycles. The van der Waals surface area contributed by atoms with Gasteiger partial charge in [0.25, 0.3) is 0 Å². The van der Waals surface area contributed by atoms with Gasteiger partial charge in [0.05, 0.1) is 18.8 Å². The number of hydrogen-bond acceptors (Lipinski definition) is 4. The van der Waals surface area contributed by atoms with Crippen molar-refractivity contribution < 1.29 is 19.0 Å². The lowest BCUT2D eigenvalue weighted by Gasteiger charge is -2.15. The lowest BCUT2D eigenvalue weighted by atomic mass is 9.98. The van der Waals surface area contributed by atoms with E-state index in [2.05, 4.69) is 20.8 Å². The Morgan fingerprint density at radius 1 is 0.703 bits per heavy atom. The highest BCUT2D eigenvalue weighted by Crippen LogP contribution is 2.22. The van der Waals surface area contributed by atoms with Gasteiger partial charge in [0.1, 0.15) is 17.2 Å². The van der Waals surface area contributed by atoms with Gasteiger partial charge in [-0.15, -0.1) is 11.6 Å². The Balaban J connectivity index is 1.64. The molecular formula is C32H47ClO4. The number of unbranched alkanes of at least 4 members (excludes halogenated alkanes) is 6. The third-order valence-corrected chi connectivity index (χ3v) is 6.93. The summed E-state index contributed by atoms with van der Waals surface area (Å²) in [4.78, 5) is 12.5. The summed E-state index contributed by atoms with van der Waals surface area (Å²) in [6, 6.07) is 14.3. The van der Waals surface area contributed by atoms with Crippen LogP contribution in [-0.4, -0.2) is 24.6 Å². The van der Waals surface area contributed by atoms with E-state index in [0.717, 1.165) is 43.6 Å². The monoisotopic (exact) mass is 530 g/mol. The third-order valence-electron chi connectivity index (χ3n) is 6.53. The number of hydrogen-bond donors (Lipinski definition) is 0. The van der Waals surface area contributed by atoms with Crippen LogP contribution in [0.3, 0.4) is 0 Å².